The van der Waals surface area contributed by atoms with Crippen LogP contribution in [-0.2, 0) is 0 Å². The average molecular weight is 397 g/mol. The molecule has 0 aliphatic heterocycles. The van der Waals surface area contributed by atoms with Gasteiger partial charge in [-0.15, -0.1) is 0 Å². The highest BCUT2D eigenvalue weighted by molar-refractivity contribution is 5.66. The maximum atomic E-state index is 9.36. The van der Waals surface area contributed by atoms with E-state index in [2.05, 4.69) is 0 Å². The number of aliphatic hydroxyl groups is 1. The Hall–Kier alpha value is -3.57. The van der Waals surface area contributed by atoms with Crippen molar-refractivity contribution in [3.8, 4) is 39.9 Å². The number of ether oxygens (including phenoxy) is 1. The van der Waals surface area contributed by atoms with Crippen molar-refractivity contribution >= 4 is 0 Å². The number of hydrogen-bond donors (Lipinski definition) is 1. The fraction of sp³-hybridized carbons (Fsp3) is 0.160. The molecule has 1 heterocycles. The van der Waals surface area contributed by atoms with Crippen molar-refractivity contribution in [3.63, 3.8) is 0 Å². The first-order chi connectivity index (χ1) is 14.7. The third-order valence-electron chi connectivity index (χ3n) is 4.62. The number of rotatable bonds is 7. The monoisotopic (exact) mass is 397 g/mol. The van der Waals surface area contributed by atoms with Gasteiger partial charge in [-0.05, 0) is 31.2 Å². The lowest BCUT2D eigenvalue weighted by Gasteiger charge is -2.10. The van der Waals surface area contributed by atoms with Crippen molar-refractivity contribution in [2.75, 3.05) is 6.61 Å². The average Bonchev–Trinajstić information content (AvgIpc) is 2.80. The molecule has 1 atom stereocenters. The van der Waals surface area contributed by atoms with E-state index in [1.165, 1.54) is 0 Å². The van der Waals surface area contributed by atoms with Gasteiger partial charge in [-0.3, -0.25) is 0 Å². The van der Waals surface area contributed by atoms with Crippen LogP contribution in [-0.4, -0.2) is 32.8 Å². The lowest BCUT2D eigenvalue weighted by Crippen LogP contribution is -2.07. The van der Waals surface area contributed by atoms with E-state index in [1.54, 1.807) is 6.92 Å². The summed E-state index contributed by atoms with van der Waals surface area (Å²) in [7, 11) is 0. The zero-order valence-electron chi connectivity index (χ0n) is 16.8. The fourth-order valence-electron chi connectivity index (χ4n) is 2.99. The van der Waals surface area contributed by atoms with Crippen LogP contribution in [0.5, 0.6) is 5.75 Å². The Morgan fingerprint density at radius 2 is 1.10 bits per heavy atom. The van der Waals surface area contributed by atoms with Crippen LogP contribution in [0.1, 0.15) is 13.3 Å². The quantitative estimate of drug-likeness (QED) is 0.474. The molecule has 150 valence electrons. The summed E-state index contributed by atoms with van der Waals surface area (Å²) in [5, 5.41) is 9.36. The summed E-state index contributed by atoms with van der Waals surface area (Å²) in [5.41, 5.74) is 2.77. The lowest BCUT2D eigenvalue weighted by molar-refractivity contribution is 0.155. The van der Waals surface area contributed by atoms with Gasteiger partial charge in [0.15, 0.2) is 17.5 Å². The molecule has 4 rings (SSSR count). The summed E-state index contributed by atoms with van der Waals surface area (Å²) in [5.74, 6) is 2.63. The van der Waals surface area contributed by atoms with Crippen LogP contribution in [0.2, 0.25) is 0 Å². The number of benzene rings is 3. The molecule has 0 bridgehead atoms. The van der Waals surface area contributed by atoms with Crippen LogP contribution in [0.25, 0.3) is 34.2 Å². The summed E-state index contributed by atoms with van der Waals surface area (Å²) in [4.78, 5) is 14.1. The third kappa shape index (κ3) is 4.88. The Bertz CT molecular complexity index is 1020. The summed E-state index contributed by atoms with van der Waals surface area (Å²) in [6, 6.07) is 27.5. The van der Waals surface area contributed by atoms with E-state index in [4.69, 9.17) is 19.7 Å². The fourth-order valence-corrected chi connectivity index (χ4v) is 2.99. The predicted octanol–water partition coefficient (Wildman–Crippen LogP) is 5.02. The Kier molecular flexibility index (Phi) is 6.11. The van der Waals surface area contributed by atoms with Gasteiger partial charge in [0, 0.05) is 23.1 Å². The van der Waals surface area contributed by atoms with Gasteiger partial charge in [0.2, 0.25) is 0 Å². The number of nitrogens with zero attached hydrogens (tertiary/aromatic N) is 3. The molecule has 0 aliphatic rings. The molecular weight excluding hydrogens is 374 g/mol. The van der Waals surface area contributed by atoms with E-state index in [0.29, 0.717) is 30.5 Å². The van der Waals surface area contributed by atoms with Gasteiger partial charge in [-0.25, -0.2) is 15.0 Å². The summed E-state index contributed by atoms with van der Waals surface area (Å²) in [6.45, 7) is 2.22. The van der Waals surface area contributed by atoms with E-state index < -0.39 is 0 Å². The van der Waals surface area contributed by atoms with E-state index in [1.807, 2.05) is 84.9 Å². The standard InChI is InChI=1S/C25H23N3O2/c1-18(29)16-17-30-22-14-12-21(13-15-22)25-27-23(19-8-4-2-5-9-19)26-24(28-25)20-10-6-3-7-11-20/h2-15,18,29H,16-17H2,1H3. The van der Waals surface area contributed by atoms with Crippen molar-refractivity contribution in [3.05, 3.63) is 84.9 Å². The van der Waals surface area contributed by atoms with Gasteiger partial charge >= 0.3 is 0 Å². The molecule has 0 saturated carbocycles. The van der Waals surface area contributed by atoms with Gasteiger partial charge in [-0.1, -0.05) is 60.7 Å². The lowest BCUT2D eigenvalue weighted by atomic mass is 10.1. The predicted molar refractivity (Wildman–Crippen MR) is 118 cm³/mol. The van der Waals surface area contributed by atoms with Crippen LogP contribution in [0.3, 0.4) is 0 Å². The van der Waals surface area contributed by atoms with E-state index in [0.717, 1.165) is 22.4 Å². The number of aromatic nitrogens is 3. The molecule has 1 unspecified atom stereocenters. The molecule has 5 heteroatoms. The molecule has 0 fully saturated rings. The van der Waals surface area contributed by atoms with Gasteiger partial charge in [0.05, 0.1) is 12.7 Å². The molecule has 1 aromatic heterocycles. The summed E-state index contributed by atoms with van der Waals surface area (Å²) in [6.07, 6.45) is 0.220. The molecule has 4 aromatic rings. The van der Waals surface area contributed by atoms with Crippen molar-refractivity contribution in [2.45, 2.75) is 19.4 Å². The van der Waals surface area contributed by atoms with Crippen molar-refractivity contribution < 1.29 is 9.84 Å². The highest BCUT2D eigenvalue weighted by atomic mass is 16.5. The van der Waals surface area contributed by atoms with E-state index in [9.17, 15) is 5.11 Å². The van der Waals surface area contributed by atoms with Gasteiger partial charge in [0.25, 0.3) is 0 Å². The summed E-state index contributed by atoms with van der Waals surface area (Å²) < 4.78 is 5.68. The first kappa shape index (κ1) is 19.7. The highest BCUT2D eigenvalue weighted by Gasteiger charge is 2.12. The maximum absolute atomic E-state index is 9.36. The molecule has 0 aliphatic carbocycles. The van der Waals surface area contributed by atoms with Crippen LogP contribution in [0, 0.1) is 0 Å². The molecule has 3 aromatic carbocycles. The molecule has 30 heavy (non-hydrogen) atoms. The first-order valence-corrected chi connectivity index (χ1v) is 9.97. The Balaban J connectivity index is 1.68. The molecule has 1 N–H and O–H groups in total. The molecule has 0 saturated heterocycles. The van der Waals surface area contributed by atoms with E-state index in [-0.39, 0.29) is 6.10 Å². The topological polar surface area (TPSA) is 68.1 Å². The second-order valence-electron chi connectivity index (χ2n) is 7.05. The second-order valence-corrected chi connectivity index (χ2v) is 7.05. The van der Waals surface area contributed by atoms with Crippen LogP contribution in [0.15, 0.2) is 84.9 Å². The van der Waals surface area contributed by atoms with Crippen molar-refractivity contribution in [1.29, 1.82) is 0 Å². The highest BCUT2D eigenvalue weighted by Crippen LogP contribution is 2.25. The minimum atomic E-state index is -0.373. The van der Waals surface area contributed by atoms with Crippen molar-refractivity contribution in [2.24, 2.45) is 0 Å². The molecular formula is C25H23N3O2. The van der Waals surface area contributed by atoms with Crippen LogP contribution < -0.4 is 4.74 Å². The zero-order chi connectivity index (χ0) is 20.8. The van der Waals surface area contributed by atoms with Crippen LogP contribution in [0.4, 0.5) is 0 Å². The number of aliphatic hydroxyl groups excluding tert-OH is 1. The molecule has 0 amide bonds. The Morgan fingerprint density at radius 3 is 1.53 bits per heavy atom. The minimum absolute atomic E-state index is 0.373. The molecule has 5 nitrogen and oxygen atoms in total. The van der Waals surface area contributed by atoms with Gasteiger partial charge in [-0.2, -0.15) is 0 Å². The maximum Gasteiger partial charge on any atom is 0.164 e. The molecule has 0 spiro atoms. The first-order valence-electron chi connectivity index (χ1n) is 9.97. The second kappa shape index (κ2) is 9.29. The van der Waals surface area contributed by atoms with Crippen LogP contribution >= 0.6 is 0 Å². The van der Waals surface area contributed by atoms with Crippen molar-refractivity contribution in [1.82, 2.24) is 15.0 Å². The summed E-state index contributed by atoms with van der Waals surface area (Å²) >= 11 is 0. The molecule has 0 radical (unpaired) electrons. The third-order valence-corrected chi connectivity index (χ3v) is 4.62. The Labute approximate surface area is 176 Å². The Morgan fingerprint density at radius 1 is 0.667 bits per heavy atom. The van der Waals surface area contributed by atoms with Gasteiger partial charge in [0.1, 0.15) is 5.75 Å². The minimum Gasteiger partial charge on any atom is -0.493 e. The van der Waals surface area contributed by atoms with E-state index >= 15 is 0 Å². The number of hydrogen-bond acceptors (Lipinski definition) is 5. The normalized spacial score (nSPS) is 11.8. The largest absolute Gasteiger partial charge is 0.493 e. The SMILES string of the molecule is CC(O)CCOc1ccc(-c2nc(-c3ccccc3)nc(-c3ccccc3)n2)cc1. The van der Waals surface area contributed by atoms with Gasteiger partial charge < -0.3 is 9.84 Å². The zero-order valence-corrected chi connectivity index (χ0v) is 16.8. The smallest absolute Gasteiger partial charge is 0.164 e.